The van der Waals surface area contributed by atoms with E-state index in [-0.39, 0.29) is 41.5 Å². The number of rotatable bonds is 11. The Morgan fingerprint density at radius 3 is 2.42 bits per heavy atom. The van der Waals surface area contributed by atoms with E-state index in [1.165, 1.54) is 11.1 Å². The number of amides is 2. The molecule has 10 heteroatoms. The predicted molar refractivity (Wildman–Crippen MR) is 212 cm³/mol. The van der Waals surface area contributed by atoms with Crippen LogP contribution >= 0.6 is 22.6 Å². The molecule has 3 aromatic rings. The number of phenolic OH excluding ortho intramolecular Hbond substituents is 1. The van der Waals surface area contributed by atoms with Gasteiger partial charge in [0.15, 0.2) is 11.5 Å². The lowest BCUT2D eigenvalue weighted by Gasteiger charge is -2.43. The summed E-state index contributed by atoms with van der Waals surface area (Å²) in [5.74, 6) is -0.583. The molecule has 2 amide bonds. The van der Waals surface area contributed by atoms with Gasteiger partial charge in [-0.2, -0.15) is 0 Å². The number of nitrogens with zero attached hydrogens (tertiary/aromatic N) is 2. The summed E-state index contributed by atoms with van der Waals surface area (Å²) in [5.41, 5.74) is 6.72. The second-order valence-electron chi connectivity index (χ2n) is 14.7. The molecular formula is C42H48BIN2O6. The Hall–Kier alpha value is -3.45. The number of hydrogen-bond acceptors (Lipinski definition) is 7. The lowest BCUT2D eigenvalue weighted by atomic mass is 9.58. The summed E-state index contributed by atoms with van der Waals surface area (Å²) in [5, 5.41) is 21.6. The number of allylic oxidation sites excluding steroid dienone is 2. The number of hydrogen-bond donors (Lipinski definition) is 2. The highest BCUT2D eigenvalue weighted by atomic mass is 127. The van der Waals surface area contributed by atoms with E-state index in [2.05, 4.69) is 76.9 Å². The molecule has 2 N–H and O–H groups in total. The third kappa shape index (κ3) is 7.63. The van der Waals surface area contributed by atoms with E-state index in [1.807, 2.05) is 36.4 Å². The van der Waals surface area contributed by atoms with Crippen LogP contribution in [0.4, 0.5) is 0 Å². The summed E-state index contributed by atoms with van der Waals surface area (Å²) in [6.07, 6.45) is 7.29. The monoisotopic (exact) mass is 814 g/mol. The molecule has 4 atom stereocenters. The number of halogens is 1. The fraction of sp³-hybridized carbons (Fsp3) is 0.429. The van der Waals surface area contributed by atoms with Gasteiger partial charge >= 0.3 is 7.12 Å². The first kappa shape index (κ1) is 36.9. The van der Waals surface area contributed by atoms with Crippen molar-refractivity contribution in [1.82, 2.24) is 9.80 Å². The van der Waals surface area contributed by atoms with Crippen molar-refractivity contribution in [3.63, 3.8) is 0 Å². The molecule has 272 valence electrons. The van der Waals surface area contributed by atoms with Gasteiger partial charge in [-0.25, -0.2) is 0 Å². The van der Waals surface area contributed by atoms with E-state index in [0.29, 0.717) is 34.9 Å². The van der Waals surface area contributed by atoms with Crippen molar-refractivity contribution in [3.8, 4) is 11.5 Å². The van der Waals surface area contributed by atoms with Gasteiger partial charge in [0.2, 0.25) is 11.8 Å². The van der Waals surface area contributed by atoms with Gasteiger partial charge in [-0.15, -0.1) is 0 Å². The fourth-order valence-electron chi connectivity index (χ4n) is 9.14. The minimum Gasteiger partial charge on any atom is -0.504 e. The van der Waals surface area contributed by atoms with Crippen molar-refractivity contribution in [1.29, 1.82) is 0 Å². The van der Waals surface area contributed by atoms with Crippen molar-refractivity contribution in [2.45, 2.75) is 76.9 Å². The Labute approximate surface area is 321 Å². The molecule has 3 aromatic carbocycles. The van der Waals surface area contributed by atoms with Gasteiger partial charge in [0.05, 0.1) is 28.6 Å². The van der Waals surface area contributed by atoms with Gasteiger partial charge in [-0.1, -0.05) is 85.7 Å². The van der Waals surface area contributed by atoms with Crippen LogP contribution in [-0.4, -0.2) is 71.2 Å². The van der Waals surface area contributed by atoms with E-state index < -0.39 is 13.0 Å². The molecule has 8 nitrogen and oxygen atoms in total. The number of aromatic hydroxyl groups is 1. The minimum atomic E-state index is -1.01. The highest BCUT2D eigenvalue weighted by molar-refractivity contribution is 14.1. The topological polar surface area (TPSA) is 99.5 Å². The Balaban J connectivity index is 1.12. The van der Waals surface area contributed by atoms with Crippen molar-refractivity contribution in [3.05, 3.63) is 104 Å². The Morgan fingerprint density at radius 2 is 1.73 bits per heavy atom. The van der Waals surface area contributed by atoms with Crippen molar-refractivity contribution in [2.75, 3.05) is 20.2 Å². The SMILES string of the molecule is CCCC1=C2[C@@H](CC/C(=C/c3cc(I)c(O)c(OC)c3)c3ccccc3)OB(O)C[C@@H]2[C@@H]2C(=O)N(C3CCN(Cc4ccccc4)CC3)C(=O)[C@@H]2C1. The molecular weight excluding hydrogens is 766 g/mol. The van der Waals surface area contributed by atoms with Gasteiger partial charge in [-0.3, -0.25) is 19.4 Å². The summed E-state index contributed by atoms with van der Waals surface area (Å²) >= 11 is 2.11. The van der Waals surface area contributed by atoms with Crippen LogP contribution in [0, 0.1) is 21.3 Å². The number of phenols is 1. The first-order valence-electron chi connectivity index (χ1n) is 18.8. The molecule has 0 radical (unpaired) electrons. The number of imide groups is 1. The highest BCUT2D eigenvalue weighted by Crippen LogP contribution is 2.52. The predicted octanol–water partition coefficient (Wildman–Crippen LogP) is 7.59. The Morgan fingerprint density at radius 1 is 1.02 bits per heavy atom. The van der Waals surface area contributed by atoms with E-state index in [4.69, 9.17) is 9.39 Å². The number of methoxy groups -OCH3 is 1. The quantitative estimate of drug-likeness (QED) is 0.0677. The molecule has 3 fully saturated rings. The van der Waals surface area contributed by atoms with Crippen LogP contribution < -0.4 is 4.74 Å². The number of likely N-dealkylation sites (tertiary alicyclic amines) is 2. The van der Waals surface area contributed by atoms with Crippen LogP contribution in [0.15, 0.2) is 83.9 Å². The van der Waals surface area contributed by atoms with Crippen LogP contribution in [0.25, 0.3) is 11.6 Å². The maximum Gasteiger partial charge on any atom is 0.455 e. The summed E-state index contributed by atoms with van der Waals surface area (Å²) in [6, 6.07) is 24.3. The zero-order valence-corrected chi connectivity index (χ0v) is 32.2. The molecule has 1 aliphatic carbocycles. The largest absolute Gasteiger partial charge is 0.504 e. The van der Waals surface area contributed by atoms with E-state index in [0.717, 1.165) is 67.6 Å². The van der Waals surface area contributed by atoms with Gasteiger partial charge in [0.1, 0.15) is 0 Å². The summed E-state index contributed by atoms with van der Waals surface area (Å²) in [7, 11) is 0.540. The van der Waals surface area contributed by atoms with Crippen LogP contribution in [0.5, 0.6) is 11.5 Å². The first-order chi connectivity index (χ1) is 25.2. The average Bonchev–Trinajstić information content (AvgIpc) is 3.40. The Bertz CT molecular complexity index is 1830. The normalized spacial score (nSPS) is 24.3. The minimum absolute atomic E-state index is 0.0186. The third-order valence-corrected chi connectivity index (χ3v) is 12.3. The number of piperidine rings is 1. The molecule has 4 aliphatic rings. The average molecular weight is 815 g/mol. The molecule has 0 unspecified atom stereocenters. The van der Waals surface area contributed by atoms with E-state index in [9.17, 15) is 19.7 Å². The third-order valence-electron chi connectivity index (χ3n) is 11.5. The van der Waals surface area contributed by atoms with E-state index in [1.54, 1.807) is 12.0 Å². The number of fused-ring (bicyclic) bond motifs is 3. The second kappa shape index (κ2) is 16.3. The van der Waals surface area contributed by atoms with E-state index >= 15 is 0 Å². The molecule has 0 saturated carbocycles. The zero-order valence-electron chi connectivity index (χ0n) is 30.0. The van der Waals surface area contributed by atoms with Crippen LogP contribution in [0.1, 0.15) is 68.6 Å². The van der Waals surface area contributed by atoms with Gasteiger partial charge in [0.25, 0.3) is 0 Å². The molecule has 0 aromatic heterocycles. The number of ether oxygens (including phenoxy) is 1. The molecule has 0 bridgehead atoms. The van der Waals surface area contributed by atoms with Crippen molar-refractivity contribution >= 4 is 53.2 Å². The molecule has 7 rings (SSSR count). The Kier molecular flexibility index (Phi) is 11.6. The molecule has 3 saturated heterocycles. The maximum absolute atomic E-state index is 14.4. The molecule has 0 spiro atoms. The summed E-state index contributed by atoms with van der Waals surface area (Å²) < 4.78 is 12.5. The number of carbonyl (C=O) groups is 2. The summed E-state index contributed by atoms with van der Waals surface area (Å²) in [6.45, 7) is 4.73. The van der Waals surface area contributed by atoms with Crippen LogP contribution in [0.3, 0.4) is 0 Å². The van der Waals surface area contributed by atoms with Crippen LogP contribution in [0.2, 0.25) is 6.32 Å². The number of benzene rings is 3. The lowest BCUT2D eigenvalue weighted by molar-refractivity contribution is -0.144. The van der Waals surface area contributed by atoms with Gasteiger partial charge < -0.3 is 19.5 Å². The molecule has 3 aliphatic heterocycles. The van der Waals surface area contributed by atoms with Crippen molar-refractivity contribution < 1.29 is 29.1 Å². The molecule has 52 heavy (non-hydrogen) atoms. The highest BCUT2D eigenvalue weighted by Gasteiger charge is 2.58. The standard InChI is InChI=1S/C42H48BIN2O6/c1-3-10-31-24-33-39(42(49)46(41(33)48)32-17-19-45(20-18-32)26-27-11-6-4-7-12-27)34-25-43(50)52-36(38(31)34)16-15-30(29-13-8-5-9-14-29)21-28-22-35(44)40(47)37(23-28)51-2/h4-9,11-14,21-23,32-34,36,39,47,50H,3,10,15-20,24-26H2,1-2H3/b30-21-/t33-,34+,36-,39-/m1/s1. The summed E-state index contributed by atoms with van der Waals surface area (Å²) in [4.78, 5) is 32.7. The molecule has 3 heterocycles. The first-order valence-corrected chi connectivity index (χ1v) is 19.8. The maximum atomic E-state index is 14.4. The lowest BCUT2D eigenvalue weighted by Crippen LogP contribution is -2.48. The zero-order chi connectivity index (χ0) is 36.4. The second-order valence-corrected chi connectivity index (χ2v) is 15.9. The van der Waals surface area contributed by atoms with Crippen molar-refractivity contribution in [2.24, 2.45) is 17.8 Å². The van der Waals surface area contributed by atoms with Gasteiger partial charge in [0, 0.05) is 25.7 Å². The smallest absolute Gasteiger partial charge is 0.455 e. The number of carbonyl (C=O) groups excluding carboxylic acids is 2. The van der Waals surface area contributed by atoms with Gasteiger partial charge in [-0.05, 0) is 113 Å². The fourth-order valence-corrected chi connectivity index (χ4v) is 9.76. The van der Waals surface area contributed by atoms with Crippen LogP contribution in [-0.2, 0) is 20.8 Å².